The van der Waals surface area contributed by atoms with Crippen LogP contribution < -0.4 is 0 Å². The highest BCUT2D eigenvalue weighted by molar-refractivity contribution is 6.07. The molecule has 0 saturated carbocycles. The van der Waals surface area contributed by atoms with Crippen LogP contribution in [-0.4, -0.2) is 58.4 Å². The number of piperazine rings is 1. The summed E-state index contributed by atoms with van der Waals surface area (Å²) >= 11 is 0. The summed E-state index contributed by atoms with van der Waals surface area (Å²) in [5.74, 6) is 0.0964. The Bertz CT molecular complexity index is 963. The quantitative estimate of drug-likeness (QED) is 0.718. The summed E-state index contributed by atoms with van der Waals surface area (Å²) in [4.78, 5) is 26.6. The molecular formula is C22H24N4O. The van der Waals surface area contributed by atoms with Crippen LogP contribution in [0.5, 0.6) is 0 Å². The van der Waals surface area contributed by atoms with Gasteiger partial charge in [0.05, 0.1) is 16.8 Å². The first-order chi connectivity index (χ1) is 13.2. The lowest BCUT2D eigenvalue weighted by Crippen LogP contribution is -2.48. The van der Waals surface area contributed by atoms with E-state index in [1.54, 1.807) is 12.4 Å². The lowest BCUT2D eigenvalue weighted by Gasteiger charge is -2.34. The third-order valence-corrected chi connectivity index (χ3v) is 5.28. The van der Waals surface area contributed by atoms with E-state index < -0.39 is 0 Å². The lowest BCUT2D eigenvalue weighted by molar-refractivity contribution is 0.0645. The summed E-state index contributed by atoms with van der Waals surface area (Å²) in [5, 5.41) is 0.927. The van der Waals surface area contributed by atoms with Crippen molar-refractivity contribution in [2.75, 3.05) is 32.7 Å². The number of likely N-dealkylation sites (N-methyl/N-ethyl adjacent to an activating group) is 1. The first kappa shape index (κ1) is 17.6. The molecule has 0 bridgehead atoms. The smallest absolute Gasteiger partial charge is 0.254 e. The highest BCUT2D eigenvalue weighted by Crippen LogP contribution is 2.26. The Balaban J connectivity index is 1.78. The van der Waals surface area contributed by atoms with Crippen molar-refractivity contribution in [2.24, 2.45) is 0 Å². The Labute approximate surface area is 159 Å². The lowest BCUT2D eigenvalue weighted by atomic mass is 10.0. The highest BCUT2D eigenvalue weighted by atomic mass is 16.2. The Morgan fingerprint density at radius 3 is 2.48 bits per heavy atom. The molecule has 4 rings (SSSR count). The van der Waals surface area contributed by atoms with E-state index in [4.69, 9.17) is 4.98 Å². The zero-order valence-corrected chi connectivity index (χ0v) is 15.9. The van der Waals surface area contributed by atoms with Gasteiger partial charge in [0.2, 0.25) is 0 Å². The summed E-state index contributed by atoms with van der Waals surface area (Å²) in [6.07, 6.45) is 3.50. The van der Waals surface area contributed by atoms with E-state index in [1.807, 2.05) is 42.2 Å². The molecule has 1 amide bonds. The Hall–Kier alpha value is -2.79. The van der Waals surface area contributed by atoms with Gasteiger partial charge in [0.1, 0.15) is 0 Å². The van der Waals surface area contributed by atoms with Crippen molar-refractivity contribution in [1.29, 1.82) is 0 Å². The van der Waals surface area contributed by atoms with Gasteiger partial charge in [-0.05, 0) is 43.8 Å². The molecule has 5 nitrogen and oxygen atoms in total. The summed E-state index contributed by atoms with van der Waals surface area (Å²) in [7, 11) is 0. The molecule has 1 aromatic carbocycles. The van der Waals surface area contributed by atoms with Gasteiger partial charge in [-0.2, -0.15) is 0 Å². The van der Waals surface area contributed by atoms with E-state index in [2.05, 4.69) is 22.9 Å². The van der Waals surface area contributed by atoms with Crippen molar-refractivity contribution in [1.82, 2.24) is 19.8 Å². The third kappa shape index (κ3) is 3.55. The van der Waals surface area contributed by atoms with Gasteiger partial charge in [0.25, 0.3) is 5.91 Å². The van der Waals surface area contributed by atoms with E-state index in [0.29, 0.717) is 0 Å². The molecule has 1 aliphatic heterocycles. The number of rotatable bonds is 3. The summed E-state index contributed by atoms with van der Waals surface area (Å²) in [6, 6.07) is 11.9. The number of aryl methyl sites for hydroxylation is 1. The molecule has 5 heteroatoms. The van der Waals surface area contributed by atoms with Crippen LogP contribution in [0.4, 0.5) is 0 Å². The molecule has 0 spiro atoms. The van der Waals surface area contributed by atoms with Crippen LogP contribution in [0, 0.1) is 6.92 Å². The average molecular weight is 360 g/mol. The van der Waals surface area contributed by atoms with E-state index in [1.165, 1.54) is 0 Å². The van der Waals surface area contributed by atoms with Gasteiger partial charge in [0.15, 0.2) is 0 Å². The molecule has 1 aliphatic rings. The van der Waals surface area contributed by atoms with Crippen LogP contribution in [0.2, 0.25) is 0 Å². The number of hydrogen-bond donors (Lipinski definition) is 0. The topological polar surface area (TPSA) is 49.3 Å². The average Bonchev–Trinajstić information content (AvgIpc) is 2.73. The van der Waals surface area contributed by atoms with Crippen molar-refractivity contribution in [3.63, 3.8) is 0 Å². The van der Waals surface area contributed by atoms with Crippen LogP contribution in [-0.2, 0) is 0 Å². The molecule has 1 saturated heterocycles. The van der Waals surface area contributed by atoms with Gasteiger partial charge >= 0.3 is 0 Å². The number of benzene rings is 1. The van der Waals surface area contributed by atoms with Crippen molar-refractivity contribution < 1.29 is 4.79 Å². The van der Waals surface area contributed by atoms with Crippen LogP contribution in [0.3, 0.4) is 0 Å². The maximum atomic E-state index is 13.4. The fraction of sp³-hybridized carbons (Fsp3) is 0.318. The Morgan fingerprint density at radius 1 is 1.04 bits per heavy atom. The highest BCUT2D eigenvalue weighted by Gasteiger charge is 2.23. The van der Waals surface area contributed by atoms with Crippen molar-refractivity contribution in [3.8, 4) is 11.3 Å². The normalized spacial score (nSPS) is 15.3. The number of carbonyl (C=O) groups excluding carboxylic acids is 1. The third-order valence-electron chi connectivity index (χ3n) is 5.28. The fourth-order valence-electron chi connectivity index (χ4n) is 3.62. The predicted molar refractivity (Wildman–Crippen MR) is 108 cm³/mol. The Kier molecular flexibility index (Phi) is 4.86. The zero-order valence-electron chi connectivity index (χ0n) is 15.9. The Morgan fingerprint density at radius 2 is 1.78 bits per heavy atom. The first-order valence-corrected chi connectivity index (χ1v) is 9.49. The minimum Gasteiger partial charge on any atom is -0.336 e. The molecule has 3 aromatic rings. The van der Waals surface area contributed by atoms with Crippen molar-refractivity contribution in [2.45, 2.75) is 13.8 Å². The van der Waals surface area contributed by atoms with Crippen LogP contribution in [0.25, 0.3) is 22.2 Å². The van der Waals surface area contributed by atoms with Crippen LogP contribution >= 0.6 is 0 Å². The van der Waals surface area contributed by atoms with Gasteiger partial charge in [-0.15, -0.1) is 0 Å². The molecule has 0 atom stereocenters. The van der Waals surface area contributed by atoms with E-state index >= 15 is 0 Å². The molecule has 0 unspecified atom stereocenters. The number of pyridine rings is 2. The molecule has 0 aliphatic carbocycles. The molecule has 0 radical (unpaired) electrons. The van der Waals surface area contributed by atoms with Gasteiger partial charge < -0.3 is 9.80 Å². The van der Waals surface area contributed by atoms with E-state index in [0.717, 1.165) is 66.0 Å². The summed E-state index contributed by atoms with van der Waals surface area (Å²) < 4.78 is 0. The SMILES string of the molecule is CCN1CCN(C(=O)c2cc(-c3ccncc3)nc3ccc(C)cc23)CC1. The molecule has 27 heavy (non-hydrogen) atoms. The maximum absolute atomic E-state index is 13.4. The van der Waals surface area contributed by atoms with Gasteiger partial charge in [0, 0.05) is 49.5 Å². The summed E-state index contributed by atoms with van der Waals surface area (Å²) in [5.41, 5.74) is 4.50. The van der Waals surface area contributed by atoms with Gasteiger partial charge in [-0.25, -0.2) is 4.98 Å². The number of amides is 1. The van der Waals surface area contributed by atoms with Crippen molar-refractivity contribution in [3.05, 3.63) is 59.9 Å². The predicted octanol–water partition coefficient (Wildman–Crippen LogP) is 3.38. The van der Waals surface area contributed by atoms with Gasteiger partial charge in [-0.1, -0.05) is 18.6 Å². The van der Waals surface area contributed by atoms with E-state index in [9.17, 15) is 4.79 Å². The molecule has 2 aromatic heterocycles. The molecular weight excluding hydrogens is 336 g/mol. The number of hydrogen-bond acceptors (Lipinski definition) is 4. The minimum absolute atomic E-state index is 0.0964. The van der Waals surface area contributed by atoms with Crippen LogP contribution in [0.1, 0.15) is 22.8 Å². The molecule has 0 N–H and O–H groups in total. The minimum atomic E-state index is 0.0964. The fourth-order valence-corrected chi connectivity index (χ4v) is 3.62. The van der Waals surface area contributed by atoms with Crippen LogP contribution in [0.15, 0.2) is 48.8 Å². The van der Waals surface area contributed by atoms with E-state index in [-0.39, 0.29) is 5.91 Å². The number of nitrogens with zero attached hydrogens (tertiary/aromatic N) is 4. The molecule has 138 valence electrons. The van der Waals surface area contributed by atoms with Crippen molar-refractivity contribution >= 4 is 16.8 Å². The largest absolute Gasteiger partial charge is 0.336 e. The maximum Gasteiger partial charge on any atom is 0.254 e. The molecule has 1 fully saturated rings. The second kappa shape index (κ2) is 7.45. The molecule has 3 heterocycles. The monoisotopic (exact) mass is 360 g/mol. The summed E-state index contributed by atoms with van der Waals surface area (Å²) in [6.45, 7) is 8.65. The number of aromatic nitrogens is 2. The van der Waals surface area contributed by atoms with Gasteiger partial charge in [-0.3, -0.25) is 9.78 Å². The number of fused-ring (bicyclic) bond motifs is 1. The first-order valence-electron chi connectivity index (χ1n) is 9.49. The zero-order chi connectivity index (χ0) is 18.8. The number of carbonyl (C=O) groups is 1. The second-order valence-corrected chi connectivity index (χ2v) is 7.04. The standard InChI is InChI=1S/C22H24N4O/c1-3-25-10-12-26(13-11-25)22(27)19-15-21(17-6-8-23-9-7-17)24-20-5-4-16(2)14-18(19)20/h4-9,14-15H,3,10-13H2,1-2H3. The second-order valence-electron chi connectivity index (χ2n) is 7.04.